The summed E-state index contributed by atoms with van der Waals surface area (Å²) in [6, 6.07) is 3.99. The third-order valence-electron chi connectivity index (χ3n) is 4.28. The maximum absolute atomic E-state index is 13.7. The number of anilines is 1. The molecule has 0 heterocycles. The maximum Gasteiger partial charge on any atom is 0.154 e. The van der Waals surface area contributed by atoms with Crippen molar-refractivity contribution in [3.8, 4) is 0 Å². The van der Waals surface area contributed by atoms with Crippen molar-refractivity contribution in [3.63, 3.8) is 0 Å². The fraction of sp³-hybridized carbons (Fsp3) is 0.400. The van der Waals surface area contributed by atoms with E-state index in [1.165, 1.54) is 0 Å². The van der Waals surface area contributed by atoms with Gasteiger partial charge in [0.05, 0.1) is 23.0 Å². The van der Waals surface area contributed by atoms with Crippen molar-refractivity contribution in [2.45, 2.75) is 38.2 Å². The highest BCUT2D eigenvalue weighted by atomic mass is 32.2. The molecular weight excluding hydrogens is 500 g/mol. The smallest absolute Gasteiger partial charge is 0.154 e. The van der Waals surface area contributed by atoms with Gasteiger partial charge in [-0.05, 0) is 30.5 Å². The molecule has 0 aliphatic heterocycles. The Morgan fingerprint density at radius 1 is 0.824 bits per heavy atom. The molecule has 2 aromatic rings. The molecular formula is C20H24F4N4O4S2. The molecule has 0 atom stereocenters. The van der Waals surface area contributed by atoms with Gasteiger partial charge in [-0.2, -0.15) is 0 Å². The third-order valence-corrected chi connectivity index (χ3v) is 7.84. The molecule has 2 N–H and O–H groups in total. The molecule has 2 rings (SSSR count). The number of nitrogens with zero attached hydrogens (tertiary/aromatic N) is 3. The third kappa shape index (κ3) is 8.50. The van der Waals surface area contributed by atoms with Gasteiger partial charge in [0.25, 0.3) is 0 Å². The van der Waals surface area contributed by atoms with Gasteiger partial charge in [-0.15, -0.1) is 0 Å². The largest absolute Gasteiger partial charge is 0.394 e. The second-order valence-electron chi connectivity index (χ2n) is 7.18. The molecule has 14 heteroatoms. The molecule has 34 heavy (non-hydrogen) atoms. The Morgan fingerprint density at radius 3 is 1.71 bits per heavy atom. The van der Waals surface area contributed by atoms with Crippen LogP contribution in [0, 0.1) is 23.3 Å². The van der Waals surface area contributed by atoms with Crippen molar-refractivity contribution in [3.05, 3.63) is 69.1 Å². The van der Waals surface area contributed by atoms with Crippen LogP contribution in [0.2, 0.25) is 0 Å². The molecule has 0 aliphatic rings. The minimum Gasteiger partial charge on any atom is -0.394 e. The minimum atomic E-state index is -3.45. The lowest BCUT2D eigenvalue weighted by molar-refractivity contribution is 0.572. The van der Waals surface area contributed by atoms with Gasteiger partial charge in [-0.25, -0.2) is 34.4 Å². The van der Waals surface area contributed by atoms with Crippen molar-refractivity contribution in [2.75, 3.05) is 17.2 Å². The van der Waals surface area contributed by atoms with Gasteiger partial charge < -0.3 is 5.73 Å². The first-order chi connectivity index (χ1) is 15.8. The molecule has 0 spiro atoms. The highest BCUT2D eigenvalue weighted by Gasteiger charge is 2.19. The van der Waals surface area contributed by atoms with E-state index in [-0.39, 0.29) is 22.6 Å². The molecule has 0 radical (unpaired) electrons. The second kappa shape index (κ2) is 12.6. The van der Waals surface area contributed by atoms with Crippen LogP contribution >= 0.6 is 0 Å². The van der Waals surface area contributed by atoms with Crippen LogP contribution in [0.15, 0.2) is 29.4 Å². The van der Waals surface area contributed by atoms with Gasteiger partial charge in [0, 0.05) is 16.0 Å². The Balaban J connectivity index is 0.000000342. The topological polar surface area (TPSA) is 143 Å². The Hall–Kier alpha value is -2.83. The lowest BCUT2D eigenvalue weighted by Gasteiger charge is -2.06. The van der Waals surface area contributed by atoms with Gasteiger partial charge in [-0.3, -0.25) is 0 Å². The van der Waals surface area contributed by atoms with Crippen LogP contribution in [0.1, 0.15) is 37.8 Å². The number of rotatable bonds is 9. The number of hydrogen-bond acceptors (Lipinski definition) is 6. The fourth-order valence-corrected chi connectivity index (χ4v) is 5.72. The van der Waals surface area contributed by atoms with E-state index in [4.69, 9.17) is 11.3 Å². The molecule has 0 aromatic heterocycles. The summed E-state index contributed by atoms with van der Waals surface area (Å²) in [5.41, 5.74) is 11.6. The molecule has 0 saturated heterocycles. The van der Waals surface area contributed by atoms with Gasteiger partial charge in [0.15, 0.2) is 25.5 Å². The molecule has 8 nitrogen and oxygen atoms in total. The fourth-order valence-electron chi connectivity index (χ4n) is 2.80. The molecule has 188 valence electrons. The molecule has 0 bridgehead atoms. The Morgan fingerprint density at radius 2 is 1.26 bits per heavy atom. The first-order valence-electron chi connectivity index (χ1n) is 9.93. The van der Waals surface area contributed by atoms with Crippen LogP contribution < -0.4 is 5.73 Å². The summed E-state index contributed by atoms with van der Waals surface area (Å²) in [6.07, 6.45) is 0.870. The number of azide groups is 1. The molecule has 0 unspecified atom stereocenters. The summed E-state index contributed by atoms with van der Waals surface area (Å²) in [5.74, 6) is -5.12. The predicted octanol–water partition coefficient (Wildman–Crippen LogP) is 5.10. The van der Waals surface area contributed by atoms with Gasteiger partial charge in [-0.1, -0.05) is 31.1 Å². The van der Waals surface area contributed by atoms with Gasteiger partial charge >= 0.3 is 0 Å². The zero-order valence-electron chi connectivity index (χ0n) is 18.4. The van der Waals surface area contributed by atoms with E-state index in [1.807, 2.05) is 0 Å². The second-order valence-corrected chi connectivity index (χ2v) is 11.5. The number of sulfone groups is 2. The number of benzene rings is 2. The molecule has 0 fully saturated rings. The summed E-state index contributed by atoms with van der Waals surface area (Å²) < 4.78 is 99.1. The molecule has 2 aromatic carbocycles. The average Bonchev–Trinajstić information content (AvgIpc) is 2.74. The summed E-state index contributed by atoms with van der Waals surface area (Å²) in [6.45, 7) is 3.40. The van der Waals surface area contributed by atoms with Crippen LogP contribution in [0.3, 0.4) is 0 Å². The summed E-state index contributed by atoms with van der Waals surface area (Å²) >= 11 is 0. The standard InChI is InChI=1S/C10H11F2N3O2S.C10H13F2NO2S/c1-2-5-18(16,17)6-7-3-4-8(11)10(9(7)12)14-15-13;1-2-5-16(14,15)6-7-3-4-8(11)10(13)9(7)12/h3-4H,2,5-6H2,1H3;3-4H,2,5-6,13H2,1H3. The van der Waals surface area contributed by atoms with E-state index in [0.29, 0.717) is 12.8 Å². The SMILES string of the molecule is CCCS(=O)(=O)Cc1ccc(F)c(N)c1F.CCCS(=O)(=O)Cc1ccc(F)c(N=[N+]=[N-])c1F. The van der Waals surface area contributed by atoms with Crippen molar-refractivity contribution >= 4 is 31.0 Å². The van der Waals surface area contributed by atoms with Crippen LogP contribution in [0.4, 0.5) is 28.9 Å². The Labute approximate surface area is 195 Å². The monoisotopic (exact) mass is 524 g/mol. The van der Waals surface area contributed by atoms with E-state index in [1.54, 1.807) is 13.8 Å². The number of nitrogens with two attached hydrogens (primary N) is 1. The highest BCUT2D eigenvalue weighted by Crippen LogP contribution is 2.26. The van der Waals surface area contributed by atoms with E-state index in [0.717, 1.165) is 24.3 Å². The van der Waals surface area contributed by atoms with Gasteiger partial charge in [0.1, 0.15) is 28.8 Å². The van der Waals surface area contributed by atoms with E-state index >= 15 is 0 Å². The van der Waals surface area contributed by atoms with Crippen molar-refractivity contribution in [1.82, 2.24) is 0 Å². The normalized spacial score (nSPS) is 11.4. The summed E-state index contributed by atoms with van der Waals surface area (Å²) in [4.78, 5) is 2.30. The van der Waals surface area contributed by atoms with Crippen LogP contribution in [0.25, 0.3) is 10.4 Å². The van der Waals surface area contributed by atoms with Crippen molar-refractivity contribution in [2.24, 2.45) is 5.11 Å². The van der Waals surface area contributed by atoms with Crippen molar-refractivity contribution in [1.29, 1.82) is 0 Å². The van der Waals surface area contributed by atoms with Crippen molar-refractivity contribution < 1.29 is 34.4 Å². The zero-order chi connectivity index (χ0) is 26.1. The first kappa shape index (κ1) is 29.2. The van der Waals surface area contributed by atoms with Crippen LogP contribution in [-0.2, 0) is 31.2 Å². The zero-order valence-corrected chi connectivity index (χ0v) is 20.1. The quantitative estimate of drug-likeness (QED) is 0.160. The number of hydrogen-bond donors (Lipinski definition) is 1. The lowest BCUT2D eigenvalue weighted by atomic mass is 10.2. The lowest BCUT2D eigenvalue weighted by Crippen LogP contribution is -2.11. The maximum atomic E-state index is 13.7. The number of nitrogen functional groups attached to an aromatic ring is 1. The predicted molar refractivity (Wildman–Crippen MR) is 121 cm³/mol. The molecule has 0 saturated carbocycles. The molecule has 0 aliphatic carbocycles. The molecule has 0 amide bonds. The first-order valence-corrected chi connectivity index (χ1v) is 13.6. The average molecular weight is 525 g/mol. The van der Waals surface area contributed by atoms with Gasteiger partial charge in [0.2, 0.25) is 0 Å². The summed E-state index contributed by atoms with van der Waals surface area (Å²) in [7, 11) is -6.80. The van der Waals surface area contributed by atoms with E-state index < -0.39 is 65.8 Å². The highest BCUT2D eigenvalue weighted by molar-refractivity contribution is 7.90. The van der Waals surface area contributed by atoms with E-state index in [2.05, 4.69) is 10.0 Å². The minimum absolute atomic E-state index is 0.0241. The van der Waals surface area contributed by atoms with Crippen LogP contribution in [0.5, 0.6) is 0 Å². The van der Waals surface area contributed by atoms with E-state index in [9.17, 15) is 34.4 Å². The Bertz CT molecular complexity index is 1280. The number of halogens is 4. The van der Waals surface area contributed by atoms with Crippen LogP contribution in [-0.4, -0.2) is 28.3 Å². The Kier molecular flexibility index (Phi) is 10.8. The summed E-state index contributed by atoms with van der Waals surface area (Å²) in [5, 5.41) is 2.88.